The van der Waals surface area contributed by atoms with Gasteiger partial charge in [-0.3, -0.25) is 4.90 Å². The minimum atomic E-state index is 0.567. The normalized spacial score (nSPS) is 11.6. The van der Waals surface area contributed by atoms with E-state index in [2.05, 4.69) is 21.2 Å². The first-order valence-corrected chi connectivity index (χ1v) is 9.93. The van der Waals surface area contributed by atoms with Crippen molar-refractivity contribution in [3.05, 3.63) is 52.7 Å². The van der Waals surface area contributed by atoms with Gasteiger partial charge in [0.15, 0.2) is 0 Å². The summed E-state index contributed by atoms with van der Waals surface area (Å²) in [7, 11) is 1.71. The van der Waals surface area contributed by atoms with Crippen molar-refractivity contribution < 1.29 is 9.15 Å². The molecule has 134 valence electrons. The summed E-state index contributed by atoms with van der Waals surface area (Å²) in [6.07, 6.45) is 0. The number of aromatic nitrogens is 3. The van der Waals surface area contributed by atoms with Crippen LogP contribution in [-0.2, 0) is 17.8 Å². The summed E-state index contributed by atoms with van der Waals surface area (Å²) in [5.74, 6) is 1.17. The van der Waals surface area contributed by atoms with Crippen molar-refractivity contribution in [3.63, 3.8) is 0 Å². The molecule has 0 N–H and O–H groups in total. The number of ether oxygens (including phenoxy) is 1. The number of thiazole rings is 1. The number of para-hydroxylation sites is 1. The van der Waals surface area contributed by atoms with Crippen LogP contribution in [0, 0.1) is 0 Å². The topological polar surface area (TPSA) is 64.3 Å². The molecule has 3 heterocycles. The van der Waals surface area contributed by atoms with E-state index >= 15 is 0 Å². The fourth-order valence-corrected chi connectivity index (χ4v) is 4.28. The Labute approximate surface area is 159 Å². The van der Waals surface area contributed by atoms with Crippen molar-refractivity contribution in [2.45, 2.75) is 13.1 Å². The number of thiophene rings is 1. The minimum Gasteiger partial charge on any atom is -0.419 e. The van der Waals surface area contributed by atoms with E-state index in [1.165, 1.54) is 4.70 Å². The number of fused-ring (bicyclic) bond motifs is 1. The van der Waals surface area contributed by atoms with E-state index in [1.807, 2.05) is 35.7 Å². The van der Waals surface area contributed by atoms with Crippen molar-refractivity contribution >= 4 is 32.9 Å². The average molecular weight is 387 g/mol. The second kappa shape index (κ2) is 8.05. The molecule has 4 rings (SSSR count). The average Bonchev–Trinajstić information content (AvgIpc) is 3.38. The number of methoxy groups -OCH3 is 1. The molecule has 6 nitrogen and oxygen atoms in total. The Balaban J connectivity index is 1.49. The van der Waals surface area contributed by atoms with Gasteiger partial charge in [-0.15, -0.1) is 32.9 Å². The molecule has 0 saturated carbocycles. The Kier molecular flexibility index (Phi) is 5.35. The fraction of sp³-hybridized carbons (Fsp3) is 0.278. The maximum absolute atomic E-state index is 5.82. The predicted molar refractivity (Wildman–Crippen MR) is 103 cm³/mol. The largest absolute Gasteiger partial charge is 0.419 e. The molecule has 0 atom stereocenters. The molecule has 0 aliphatic carbocycles. The Bertz CT molecular complexity index is 932. The van der Waals surface area contributed by atoms with Crippen molar-refractivity contribution in [2.75, 3.05) is 20.3 Å². The molecule has 0 aliphatic rings. The lowest BCUT2D eigenvalue weighted by atomic mass is 10.3. The maximum Gasteiger partial charge on any atom is 0.257 e. The summed E-state index contributed by atoms with van der Waals surface area (Å²) in [5, 5.41) is 11.4. The third-order valence-corrected chi connectivity index (χ3v) is 5.75. The van der Waals surface area contributed by atoms with Crippen LogP contribution in [0.4, 0.5) is 0 Å². The second-order valence-corrected chi connectivity index (χ2v) is 7.82. The van der Waals surface area contributed by atoms with E-state index in [-0.39, 0.29) is 0 Å². The van der Waals surface area contributed by atoms with Gasteiger partial charge in [-0.05, 0) is 23.6 Å². The monoisotopic (exact) mass is 386 g/mol. The van der Waals surface area contributed by atoms with E-state index in [9.17, 15) is 0 Å². The molecule has 0 unspecified atom stereocenters. The van der Waals surface area contributed by atoms with E-state index in [4.69, 9.17) is 14.1 Å². The Hall–Kier alpha value is -2.13. The zero-order valence-electron chi connectivity index (χ0n) is 14.3. The van der Waals surface area contributed by atoms with Crippen LogP contribution < -0.4 is 0 Å². The lowest BCUT2D eigenvalue weighted by molar-refractivity contribution is 0.134. The predicted octanol–water partition coefficient (Wildman–Crippen LogP) is 4.06. The highest BCUT2D eigenvalue weighted by atomic mass is 32.1. The van der Waals surface area contributed by atoms with Crippen LogP contribution in [0.15, 0.2) is 46.2 Å². The summed E-state index contributed by atoms with van der Waals surface area (Å²) in [5.41, 5.74) is 1.04. The van der Waals surface area contributed by atoms with Gasteiger partial charge < -0.3 is 9.15 Å². The van der Waals surface area contributed by atoms with E-state index in [1.54, 1.807) is 29.8 Å². The van der Waals surface area contributed by atoms with Gasteiger partial charge in [-0.2, -0.15) is 0 Å². The molecular formula is C18H18N4O2S2. The maximum atomic E-state index is 5.82. The van der Waals surface area contributed by atoms with Gasteiger partial charge in [0, 0.05) is 13.7 Å². The highest BCUT2D eigenvalue weighted by Crippen LogP contribution is 2.25. The van der Waals surface area contributed by atoms with Crippen LogP contribution in [0.2, 0.25) is 0 Å². The molecule has 4 aromatic rings. The van der Waals surface area contributed by atoms with Crippen LogP contribution in [0.1, 0.15) is 10.9 Å². The third kappa shape index (κ3) is 3.99. The molecule has 3 aromatic heterocycles. The summed E-state index contributed by atoms with van der Waals surface area (Å²) in [4.78, 5) is 7.92. The summed E-state index contributed by atoms with van der Waals surface area (Å²) in [6.45, 7) is 2.69. The van der Waals surface area contributed by atoms with Gasteiger partial charge in [0.05, 0.1) is 34.8 Å². The van der Waals surface area contributed by atoms with Gasteiger partial charge in [-0.25, -0.2) is 4.98 Å². The molecule has 26 heavy (non-hydrogen) atoms. The van der Waals surface area contributed by atoms with Crippen LogP contribution >= 0.6 is 22.7 Å². The molecule has 0 saturated heterocycles. The lowest BCUT2D eigenvalue weighted by Gasteiger charge is -2.18. The number of nitrogens with zero attached hydrogens (tertiary/aromatic N) is 4. The smallest absolute Gasteiger partial charge is 0.257 e. The first kappa shape index (κ1) is 17.3. The van der Waals surface area contributed by atoms with Gasteiger partial charge in [0.2, 0.25) is 5.89 Å². The molecule has 0 fully saturated rings. The van der Waals surface area contributed by atoms with Crippen molar-refractivity contribution in [2.24, 2.45) is 0 Å². The minimum absolute atomic E-state index is 0.567. The quantitative estimate of drug-likeness (QED) is 0.455. The summed E-state index contributed by atoms with van der Waals surface area (Å²) < 4.78 is 12.3. The Morgan fingerprint density at radius 3 is 2.85 bits per heavy atom. The van der Waals surface area contributed by atoms with E-state index in [0.717, 1.165) is 28.5 Å². The molecule has 0 radical (unpaired) electrons. The van der Waals surface area contributed by atoms with Gasteiger partial charge >= 0.3 is 0 Å². The third-order valence-electron chi connectivity index (χ3n) is 3.87. The van der Waals surface area contributed by atoms with Crippen molar-refractivity contribution in [1.82, 2.24) is 20.1 Å². The second-order valence-electron chi connectivity index (χ2n) is 5.76. The molecule has 0 amide bonds. The number of hydrogen-bond donors (Lipinski definition) is 0. The Morgan fingerprint density at radius 1 is 1.12 bits per heavy atom. The van der Waals surface area contributed by atoms with Gasteiger partial charge in [-0.1, -0.05) is 18.2 Å². The molecule has 0 spiro atoms. The molecular weight excluding hydrogens is 368 g/mol. The standard InChI is InChI=1S/C18H18N4O2S2/c1-23-9-8-22(12-17-19-13-5-2-3-6-14(13)26-17)11-16-20-21-18(24-16)15-7-4-10-25-15/h2-7,10H,8-9,11-12H2,1H3. The highest BCUT2D eigenvalue weighted by molar-refractivity contribution is 7.18. The van der Waals surface area contributed by atoms with E-state index in [0.29, 0.717) is 24.9 Å². The van der Waals surface area contributed by atoms with Crippen LogP contribution in [0.3, 0.4) is 0 Å². The lowest BCUT2D eigenvalue weighted by Crippen LogP contribution is -2.26. The number of benzene rings is 1. The van der Waals surface area contributed by atoms with E-state index < -0.39 is 0 Å². The molecule has 0 aliphatic heterocycles. The van der Waals surface area contributed by atoms with Gasteiger partial charge in [0.25, 0.3) is 5.89 Å². The highest BCUT2D eigenvalue weighted by Gasteiger charge is 2.15. The van der Waals surface area contributed by atoms with Crippen LogP contribution in [0.5, 0.6) is 0 Å². The number of rotatable bonds is 8. The number of hydrogen-bond acceptors (Lipinski definition) is 8. The van der Waals surface area contributed by atoms with Crippen molar-refractivity contribution in [1.29, 1.82) is 0 Å². The molecule has 8 heteroatoms. The zero-order chi connectivity index (χ0) is 17.8. The first-order valence-electron chi connectivity index (χ1n) is 8.24. The SMILES string of the molecule is COCCN(Cc1nnc(-c2cccs2)o1)Cc1nc2ccccc2s1. The van der Waals surface area contributed by atoms with Gasteiger partial charge in [0.1, 0.15) is 5.01 Å². The Morgan fingerprint density at radius 2 is 2.04 bits per heavy atom. The summed E-state index contributed by atoms with van der Waals surface area (Å²) in [6, 6.07) is 12.1. The van der Waals surface area contributed by atoms with Crippen LogP contribution in [0.25, 0.3) is 21.0 Å². The van der Waals surface area contributed by atoms with Crippen molar-refractivity contribution in [3.8, 4) is 10.8 Å². The van der Waals surface area contributed by atoms with Crippen LogP contribution in [-0.4, -0.2) is 40.3 Å². The molecule has 0 bridgehead atoms. The fourth-order valence-electron chi connectivity index (χ4n) is 2.62. The zero-order valence-corrected chi connectivity index (χ0v) is 15.9. The first-order chi connectivity index (χ1) is 12.8. The summed E-state index contributed by atoms with van der Waals surface area (Å²) >= 11 is 3.30. The molecule has 1 aromatic carbocycles.